The summed E-state index contributed by atoms with van der Waals surface area (Å²) in [7, 11) is 0. The molecule has 0 spiro atoms. The highest BCUT2D eigenvalue weighted by atomic mass is 16.5. The molecule has 0 aromatic rings. The molecule has 2 nitrogen and oxygen atoms in total. The van der Waals surface area contributed by atoms with Crippen molar-refractivity contribution in [1.29, 1.82) is 0 Å². The number of hydrogen-bond donors (Lipinski definition) is 0. The third-order valence-corrected chi connectivity index (χ3v) is 4.22. The van der Waals surface area contributed by atoms with Crippen LogP contribution >= 0.6 is 0 Å². The van der Waals surface area contributed by atoms with E-state index in [1.54, 1.807) is 0 Å². The summed E-state index contributed by atoms with van der Waals surface area (Å²) < 4.78 is 11.3. The van der Waals surface area contributed by atoms with Gasteiger partial charge in [0.15, 0.2) is 0 Å². The van der Waals surface area contributed by atoms with Crippen LogP contribution in [0.25, 0.3) is 0 Å². The van der Waals surface area contributed by atoms with Crippen molar-refractivity contribution in [3.63, 3.8) is 0 Å². The van der Waals surface area contributed by atoms with Crippen molar-refractivity contribution in [3.8, 4) is 0 Å². The molecular formula is C14H28O2. The average Bonchev–Trinajstić information content (AvgIpc) is 2.29. The Kier molecular flexibility index (Phi) is 6.37. The van der Waals surface area contributed by atoms with Gasteiger partial charge in [0.25, 0.3) is 0 Å². The van der Waals surface area contributed by atoms with E-state index >= 15 is 0 Å². The summed E-state index contributed by atoms with van der Waals surface area (Å²) in [6.07, 6.45) is 2.66. The first-order valence-corrected chi connectivity index (χ1v) is 6.86. The van der Waals surface area contributed by atoms with Crippen LogP contribution in [0, 0.1) is 23.7 Å². The molecule has 2 heteroatoms. The summed E-state index contributed by atoms with van der Waals surface area (Å²) in [5.41, 5.74) is 0. The largest absolute Gasteiger partial charge is 0.381 e. The quantitative estimate of drug-likeness (QED) is 0.694. The van der Waals surface area contributed by atoms with Gasteiger partial charge in [-0.1, -0.05) is 20.3 Å². The lowest BCUT2D eigenvalue weighted by molar-refractivity contribution is -0.0184. The first kappa shape index (κ1) is 14.0. The number of hydrogen-bond acceptors (Lipinski definition) is 2. The Balaban J connectivity index is 2.50. The van der Waals surface area contributed by atoms with Crippen molar-refractivity contribution < 1.29 is 9.47 Å². The summed E-state index contributed by atoms with van der Waals surface area (Å²) in [5.74, 6) is 3.00. The van der Waals surface area contributed by atoms with Gasteiger partial charge in [-0.25, -0.2) is 0 Å². The van der Waals surface area contributed by atoms with E-state index in [0.717, 1.165) is 38.3 Å². The fourth-order valence-corrected chi connectivity index (χ4v) is 2.82. The molecule has 0 bridgehead atoms. The first-order valence-electron chi connectivity index (χ1n) is 6.86. The molecule has 4 unspecified atom stereocenters. The van der Waals surface area contributed by atoms with E-state index in [9.17, 15) is 0 Å². The highest BCUT2D eigenvalue weighted by Crippen LogP contribution is 2.38. The van der Waals surface area contributed by atoms with E-state index in [4.69, 9.17) is 9.47 Å². The van der Waals surface area contributed by atoms with Crippen LogP contribution in [0.4, 0.5) is 0 Å². The van der Waals surface area contributed by atoms with Gasteiger partial charge in [-0.15, -0.1) is 0 Å². The van der Waals surface area contributed by atoms with E-state index in [1.807, 2.05) is 0 Å². The van der Waals surface area contributed by atoms with E-state index in [1.165, 1.54) is 12.8 Å². The zero-order chi connectivity index (χ0) is 12.0. The molecule has 1 aliphatic carbocycles. The normalized spacial score (nSPS) is 35.2. The summed E-state index contributed by atoms with van der Waals surface area (Å²) in [6, 6.07) is 0. The molecule has 0 aromatic carbocycles. The van der Waals surface area contributed by atoms with Crippen molar-refractivity contribution in [1.82, 2.24) is 0 Å². The second-order valence-electron chi connectivity index (χ2n) is 5.16. The molecule has 1 saturated carbocycles. The van der Waals surface area contributed by atoms with Gasteiger partial charge < -0.3 is 9.47 Å². The van der Waals surface area contributed by atoms with Crippen LogP contribution < -0.4 is 0 Å². The molecule has 1 rings (SSSR count). The van der Waals surface area contributed by atoms with Gasteiger partial charge in [-0.3, -0.25) is 0 Å². The maximum atomic E-state index is 5.65. The smallest absolute Gasteiger partial charge is 0.0500 e. The third kappa shape index (κ3) is 3.74. The van der Waals surface area contributed by atoms with Crippen LogP contribution in [0.5, 0.6) is 0 Å². The van der Waals surface area contributed by atoms with E-state index < -0.39 is 0 Å². The van der Waals surface area contributed by atoms with Crippen molar-refractivity contribution in [2.75, 3.05) is 26.4 Å². The maximum absolute atomic E-state index is 5.65. The Morgan fingerprint density at radius 1 is 0.938 bits per heavy atom. The molecule has 96 valence electrons. The van der Waals surface area contributed by atoms with Crippen LogP contribution in [0.1, 0.15) is 40.5 Å². The van der Waals surface area contributed by atoms with Gasteiger partial charge in [-0.2, -0.15) is 0 Å². The molecule has 0 aliphatic heterocycles. The minimum atomic E-state index is 0.690. The lowest BCUT2D eigenvalue weighted by atomic mass is 9.68. The van der Waals surface area contributed by atoms with Gasteiger partial charge in [0.2, 0.25) is 0 Å². The van der Waals surface area contributed by atoms with Gasteiger partial charge in [0.05, 0.1) is 0 Å². The predicted molar refractivity (Wildman–Crippen MR) is 67.5 cm³/mol. The Morgan fingerprint density at radius 2 is 1.56 bits per heavy atom. The Morgan fingerprint density at radius 3 is 2.19 bits per heavy atom. The zero-order valence-corrected chi connectivity index (χ0v) is 11.4. The third-order valence-electron chi connectivity index (χ3n) is 4.22. The van der Waals surface area contributed by atoms with Gasteiger partial charge in [0.1, 0.15) is 0 Å². The molecular weight excluding hydrogens is 200 g/mol. The SMILES string of the molecule is CCOCC1CCC(C)C(C)C1COCC. The lowest BCUT2D eigenvalue weighted by Crippen LogP contribution is -2.37. The van der Waals surface area contributed by atoms with Crippen LogP contribution in [-0.2, 0) is 9.47 Å². The monoisotopic (exact) mass is 228 g/mol. The molecule has 0 amide bonds. The van der Waals surface area contributed by atoms with Gasteiger partial charge in [-0.05, 0) is 43.9 Å². The fourth-order valence-electron chi connectivity index (χ4n) is 2.82. The predicted octanol–water partition coefficient (Wildman–Crippen LogP) is 3.36. The summed E-state index contributed by atoms with van der Waals surface area (Å²) in [5, 5.41) is 0. The Hall–Kier alpha value is -0.0800. The second kappa shape index (κ2) is 7.29. The minimum absolute atomic E-state index is 0.690. The van der Waals surface area contributed by atoms with Crippen molar-refractivity contribution in [2.24, 2.45) is 23.7 Å². The van der Waals surface area contributed by atoms with Crippen LogP contribution in [0.15, 0.2) is 0 Å². The van der Waals surface area contributed by atoms with Gasteiger partial charge >= 0.3 is 0 Å². The molecule has 0 N–H and O–H groups in total. The number of rotatable bonds is 6. The first-order chi connectivity index (χ1) is 7.70. The zero-order valence-electron chi connectivity index (χ0n) is 11.4. The maximum Gasteiger partial charge on any atom is 0.0500 e. The van der Waals surface area contributed by atoms with Crippen LogP contribution in [0.2, 0.25) is 0 Å². The molecule has 0 radical (unpaired) electrons. The van der Waals surface area contributed by atoms with E-state index in [-0.39, 0.29) is 0 Å². The van der Waals surface area contributed by atoms with Gasteiger partial charge in [0, 0.05) is 26.4 Å². The molecule has 0 aromatic heterocycles. The molecule has 0 heterocycles. The Labute approximate surface area is 101 Å². The second-order valence-corrected chi connectivity index (χ2v) is 5.16. The summed E-state index contributed by atoms with van der Waals surface area (Å²) >= 11 is 0. The standard InChI is InChI=1S/C14H28O2/c1-5-15-9-13-8-7-11(3)12(4)14(13)10-16-6-2/h11-14H,5-10H2,1-4H3. The lowest BCUT2D eigenvalue weighted by Gasteiger charge is -2.40. The van der Waals surface area contributed by atoms with E-state index in [0.29, 0.717) is 11.8 Å². The number of ether oxygens (including phenoxy) is 2. The Bertz CT molecular complexity index is 180. The average molecular weight is 228 g/mol. The van der Waals surface area contributed by atoms with Crippen LogP contribution in [-0.4, -0.2) is 26.4 Å². The van der Waals surface area contributed by atoms with E-state index in [2.05, 4.69) is 27.7 Å². The molecule has 1 fully saturated rings. The highest BCUT2D eigenvalue weighted by Gasteiger charge is 2.34. The topological polar surface area (TPSA) is 18.5 Å². The van der Waals surface area contributed by atoms with Crippen molar-refractivity contribution in [2.45, 2.75) is 40.5 Å². The fraction of sp³-hybridized carbons (Fsp3) is 1.00. The summed E-state index contributed by atoms with van der Waals surface area (Å²) in [4.78, 5) is 0. The highest BCUT2D eigenvalue weighted by molar-refractivity contribution is 4.83. The van der Waals surface area contributed by atoms with Crippen LogP contribution in [0.3, 0.4) is 0 Å². The summed E-state index contributed by atoms with van der Waals surface area (Å²) in [6.45, 7) is 12.4. The molecule has 0 saturated heterocycles. The minimum Gasteiger partial charge on any atom is -0.381 e. The molecule has 4 atom stereocenters. The van der Waals surface area contributed by atoms with Crippen molar-refractivity contribution >= 4 is 0 Å². The molecule has 16 heavy (non-hydrogen) atoms. The van der Waals surface area contributed by atoms with Crippen molar-refractivity contribution in [3.05, 3.63) is 0 Å². The molecule has 1 aliphatic rings.